The zero-order valence-corrected chi connectivity index (χ0v) is 9.45. The molecular weight excluding hydrogens is 202 g/mol. The van der Waals surface area contributed by atoms with E-state index in [0.717, 1.165) is 16.9 Å². The van der Waals surface area contributed by atoms with Crippen LogP contribution in [-0.2, 0) is 4.79 Å². The van der Waals surface area contributed by atoms with Gasteiger partial charge in [-0.25, -0.2) is 4.98 Å². The molecule has 0 aliphatic carbocycles. The highest BCUT2D eigenvalue weighted by atomic mass is 16.1. The number of nitrogens with one attached hydrogen (secondary N) is 2. The standard InChI is InChI=1S/C12H15N3O/c1-3-11(16)13-8(2)12-14-9-6-4-5-7-10(9)15-12/h4-8H,3H2,1-2H3,(H,13,16)(H,14,15)/t8-/m0/s1. The second-order valence-electron chi connectivity index (χ2n) is 3.78. The van der Waals surface area contributed by atoms with Crippen molar-refractivity contribution in [3.05, 3.63) is 30.1 Å². The smallest absolute Gasteiger partial charge is 0.220 e. The molecule has 0 aliphatic rings. The molecule has 1 amide bonds. The van der Waals surface area contributed by atoms with Crippen LogP contribution < -0.4 is 5.32 Å². The number of fused-ring (bicyclic) bond motifs is 1. The number of carbonyl (C=O) groups is 1. The van der Waals surface area contributed by atoms with Gasteiger partial charge in [0, 0.05) is 6.42 Å². The van der Waals surface area contributed by atoms with Gasteiger partial charge in [-0.3, -0.25) is 4.79 Å². The molecular formula is C12H15N3O. The van der Waals surface area contributed by atoms with Gasteiger partial charge in [-0.15, -0.1) is 0 Å². The molecule has 1 aromatic heterocycles. The fourth-order valence-corrected chi connectivity index (χ4v) is 1.59. The van der Waals surface area contributed by atoms with E-state index in [4.69, 9.17) is 0 Å². The minimum Gasteiger partial charge on any atom is -0.346 e. The van der Waals surface area contributed by atoms with E-state index in [1.54, 1.807) is 0 Å². The fraction of sp³-hybridized carbons (Fsp3) is 0.333. The summed E-state index contributed by atoms with van der Waals surface area (Å²) in [5.74, 6) is 0.830. The second-order valence-corrected chi connectivity index (χ2v) is 3.78. The maximum absolute atomic E-state index is 11.3. The first kappa shape index (κ1) is 10.7. The summed E-state index contributed by atoms with van der Waals surface area (Å²) in [6, 6.07) is 7.74. The van der Waals surface area contributed by atoms with Crippen LogP contribution in [0.3, 0.4) is 0 Å². The van der Waals surface area contributed by atoms with Gasteiger partial charge in [0.1, 0.15) is 5.82 Å². The summed E-state index contributed by atoms with van der Waals surface area (Å²) >= 11 is 0. The van der Waals surface area contributed by atoms with E-state index >= 15 is 0 Å². The van der Waals surface area contributed by atoms with Crippen molar-refractivity contribution < 1.29 is 4.79 Å². The Balaban J connectivity index is 2.23. The lowest BCUT2D eigenvalue weighted by molar-refractivity contribution is -0.121. The summed E-state index contributed by atoms with van der Waals surface area (Å²) < 4.78 is 0. The van der Waals surface area contributed by atoms with Crippen molar-refractivity contribution in [1.29, 1.82) is 0 Å². The van der Waals surface area contributed by atoms with E-state index in [0.29, 0.717) is 6.42 Å². The Morgan fingerprint density at radius 3 is 2.94 bits per heavy atom. The highest BCUT2D eigenvalue weighted by Crippen LogP contribution is 2.15. The quantitative estimate of drug-likeness (QED) is 0.827. The third-order valence-corrected chi connectivity index (χ3v) is 2.52. The number of aromatic nitrogens is 2. The lowest BCUT2D eigenvalue weighted by Gasteiger charge is -2.09. The number of H-pyrrole nitrogens is 1. The first-order valence-electron chi connectivity index (χ1n) is 5.44. The number of nitrogens with zero attached hydrogens (tertiary/aromatic N) is 1. The van der Waals surface area contributed by atoms with Crippen molar-refractivity contribution in [3.63, 3.8) is 0 Å². The first-order chi connectivity index (χ1) is 7.70. The number of rotatable bonds is 3. The molecule has 2 rings (SSSR count). The van der Waals surface area contributed by atoms with Gasteiger partial charge in [0.15, 0.2) is 0 Å². The number of carbonyl (C=O) groups excluding carboxylic acids is 1. The van der Waals surface area contributed by atoms with Crippen LogP contribution in [0.5, 0.6) is 0 Å². The lowest BCUT2D eigenvalue weighted by Crippen LogP contribution is -2.26. The molecule has 0 spiro atoms. The number of imidazole rings is 1. The Morgan fingerprint density at radius 2 is 2.25 bits per heavy atom. The molecule has 0 aliphatic heterocycles. The van der Waals surface area contributed by atoms with Crippen LogP contribution in [0.2, 0.25) is 0 Å². The minimum absolute atomic E-state index is 0.0351. The Morgan fingerprint density at radius 1 is 1.50 bits per heavy atom. The Hall–Kier alpha value is -1.84. The third kappa shape index (κ3) is 2.05. The molecule has 2 N–H and O–H groups in total. The molecule has 0 fully saturated rings. The van der Waals surface area contributed by atoms with E-state index in [1.807, 2.05) is 38.1 Å². The minimum atomic E-state index is -0.0835. The molecule has 0 saturated heterocycles. The molecule has 0 unspecified atom stereocenters. The largest absolute Gasteiger partial charge is 0.346 e. The summed E-state index contributed by atoms with van der Waals surface area (Å²) in [5.41, 5.74) is 1.92. The van der Waals surface area contributed by atoms with Gasteiger partial charge in [0.2, 0.25) is 5.91 Å². The van der Waals surface area contributed by atoms with Crippen molar-refractivity contribution in [2.45, 2.75) is 26.3 Å². The molecule has 1 heterocycles. The molecule has 4 nitrogen and oxygen atoms in total. The van der Waals surface area contributed by atoms with E-state index in [1.165, 1.54) is 0 Å². The van der Waals surface area contributed by atoms with Crippen LogP contribution >= 0.6 is 0 Å². The summed E-state index contributed by atoms with van der Waals surface area (Å²) in [6.45, 7) is 3.76. The number of benzene rings is 1. The Bertz CT molecular complexity index is 471. The number of amides is 1. The van der Waals surface area contributed by atoms with Gasteiger partial charge >= 0.3 is 0 Å². The number of para-hydroxylation sites is 2. The SMILES string of the molecule is CCC(=O)N[C@@H](C)c1nc2ccccc2[nH]1. The van der Waals surface area contributed by atoms with Crippen molar-refractivity contribution in [2.24, 2.45) is 0 Å². The van der Waals surface area contributed by atoms with Crippen LogP contribution in [0.25, 0.3) is 11.0 Å². The normalized spacial score (nSPS) is 12.6. The van der Waals surface area contributed by atoms with E-state index in [-0.39, 0.29) is 11.9 Å². The van der Waals surface area contributed by atoms with E-state index < -0.39 is 0 Å². The average Bonchev–Trinajstić information content (AvgIpc) is 2.72. The lowest BCUT2D eigenvalue weighted by atomic mass is 10.3. The van der Waals surface area contributed by atoms with Crippen molar-refractivity contribution >= 4 is 16.9 Å². The van der Waals surface area contributed by atoms with Crippen LogP contribution in [0.4, 0.5) is 0 Å². The van der Waals surface area contributed by atoms with E-state index in [2.05, 4.69) is 15.3 Å². The zero-order valence-electron chi connectivity index (χ0n) is 9.45. The molecule has 0 radical (unpaired) electrons. The second kappa shape index (κ2) is 4.35. The van der Waals surface area contributed by atoms with Gasteiger partial charge in [-0.2, -0.15) is 0 Å². The predicted molar refractivity (Wildman–Crippen MR) is 62.9 cm³/mol. The number of aromatic amines is 1. The third-order valence-electron chi connectivity index (χ3n) is 2.52. The van der Waals surface area contributed by atoms with Gasteiger partial charge in [0.25, 0.3) is 0 Å². The zero-order chi connectivity index (χ0) is 11.5. The molecule has 0 saturated carbocycles. The van der Waals surface area contributed by atoms with Crippen LogP contribution in [0, 0.1) is 0 Å². The number of hydrogen-bond donors (Lipinski definition) is 2. The molecule has 1 aromatic carbocycles. The maximum Gasteiger partial charge on any atom is 0.220 e. The average molecular weight is 217 g/mol. The van der Waals surface area contributed by atoms with E-state index in [9.17, 15) is 4.79 Å². The summed E-state index contributed by atoms with van der Waals surface area (Å²) in [4.78, 5) is 18.9. The topological polar surface area (TPSA) is 57.8 Å². The van der Waals surface area contributed by atoms with Gasteiger partial charge in [0.05, 0.1) is 17.1 Å². The molecule has 0 bridgehead atoms. The van der Waals surface area contributed by atoms with Crippen molar-refractivity contribution in [2.75, 3.05) is 0 Å². The summed E-state index contributed by atoms with van der Waals surface area (Å²) in [7, 11) is 0. The molecule has 84 valence electrons. The van der Waals surface area contributed by atoms with Gasteiger partial charge in [-0.05, 0) is 19.1 Å². The monoisotopic (exact) mass is 217 g/mol. The van der Waals surface area contributed by atoms with Crippen molar-refractivity contribution in [3.8, 4) is 0 Å². The predicted octanol–water partition coefficient (Wildman–Crippen LogP) is 2.15. The summed E-state index contributed by atoms with van der Waals surface area (Å²) in [5, 5.41) is 2.87. The maximum atomic E-state index is 11.3. The Kier molecular flexibility index (Phi) is 2.90. The van der Waals surface area contributed by atoms with Gasteiger partial charge in [-0.1, -0.05) is 19.1 Å². The summed E-state index contributed by atoms with van der Waals surface area (Å²) in [6.07, 6.45) is 0.491. The molecule has 2 aromatic rings. The first-order valence-corrected chi connectivity index (χ1v) is 5.44. The fourth-order valence-electron chi connectivity index (χ4n) is 1.59. The highest BCUT2D eigenvalue weighted by Gasteiger charge is 2.11. The van der Waals surface area contributed by atoms with Crippen LogP contribution in [-0.4, -0.2) is 15.9 Å². The van der Waals surface area contributed by atoms with Gasteiger partial charge < -0.3 is 10.3 Å². The Labute approximate surface area is 94.1 Å². The van der Waals surface area contributed by atoms with Crippen LogP contribution in [0.15, 0.2) is 24.3 Å². The molecule has 1 atom stereocenters. The molecule has 16 heavy (non-hydrogen) atoms. The number of hydrogen-bond acceptors (Lipinski definition) is 2. The van der Waals surface area contributed by atoms with Crippen LogP contribution in [0.1, 0.15) is 32.1 Å². The molecule has 4 heteroatoms. The highest BCUT2D eigenvalue weighted by molar-refractivity contribution is 5.77. The van der Waals surface area contributed by atoms with Crippen molar-refractivity contribution in [1.82, 2.24) is 15.3 Å².